The van der Waals surface area contributed by atoms with Crippen molar-refractivity contribution < 1.29 is 5.11 Å². The van der Waals surface area contributed by atoms with Crippen LogP contribution in [-0.2, 0) is 7.05 Å². The lowest BCUT2D eigenvalue weighted by Gasteiger charge is -2.22. The Morgan fingerprint density at radius 2 is 2.14 bits per heavy atom. The zero-order valence-electron chi connectivity index (χ0n) is 8.61. The fraction of sp³-hybridized carbons (Fsp3) is 0.667. The van der Waals surface area contributed by atoms with Gasteiger partial charge >= 0.3 is 0 Å². The lowest BCUT2D eigenvalue weighted by Crippen LogP contribution is -2.34. The van der Waals surface area contributed by atoms with Crippen LogP contribution in [0.5, 0.6) is 0 Å². The third-order valence-corrected chi connectivity index (χ3v) is 2.96. The van der Waals surface area contributed by atoms with Gasteiger partial charge in [-0.15, -0.1) is 0 Å². The number of aliphatic hydroxyl groups excluding tert-OH is 1. The minimum absolute atomic E-state index is 0.229. The summed E-state index contributed by atoms with van der Waals surface area (Å²) in [6.45, 7) is 3.97. The van der Waals surface area contributed by atoms with E-state index in [2.05, 4.69) is 21.0 Å². The molecule has 0 saturated heterocycles. The summed E-state index contributed by atoms with van der Waals surface area (Å²) in [5.74, 6) is 0.229. The first kappa shape index (κ1) is 11.7. The van der Waals surface area contributed by atoms with Crippen molar-refractivity contribution in [3.63, 3.8) is 0 Å². The summed E-state index contributed by atoms with van der Waals surface area (Å²) in [5.41, 5.74) is 6.60. The lowest BCUT2D eigenvalue weighted by molar-refractivity contribution is 0.117. The molecule has 1 rings (SSSR count). The second-order valence-electron chi connectivity index (χ2n) is 3.77. The molecule has 0 spiro atoms. The summed E-state index contributed by atoms with van der Waals surface area (Å²) in [5, 5.41) is 14.0. The number of rotatable bonds is 3. The normalized spacial score (nSPS) is 15.9. The Hall–Kier alpha value is -0.390. The molecule has 80 valence electrons. The molecule has 5 heteroatoms. The first-order valence-corrected chi connectivity index (χ1v) is 5.35. The zero-order chi connectivity index (χ0) is 10.9. The number of hydrogen-bond acceptors (Lipinski definition) is 3. The molecule has 4 nitrogen and oxygen atoms in total. The van der Waals surface area contributed by atoms with Crippen molar-refractivity contribution in [3.8, 4) is 0 Å². The Morgan fingerprint density at radius 3 is 2.50 bits per heavy atom. The molecule has 0 amide bonds. The van der Waals surface area contributed by atoms with Crippen LogP contribution in [0, 0.1) is 5.92 Å². The van der Waals surface area contributed by atoms with E-state index >= 15 is 0 Å². The second-order valence-corrected chi connectivity index (χ2v) is 4.62. The highest BCUT2D eigenvalue weighted by molar-refractivity contribution is 9.10. The molecule has 0 bridgehead atoms. The number of aromatic nitrogens is 2. The van der Waals surface area contributed by atoms with E-state index in [0.29, 0.717) is 0 Å². The Labute approximate surface area is 92.2 Å². The van der Waals surface area contributed by atoms with E-state index in [1.54, 1.807) is 17.9 Å². The molecule has 14 heavy (non-hydrogen) atoms. The quantitative estimate of drug-likeness (QED) is 0.860. The van der Waals surface area contributed by atoms with Crippen LogP contribution >= 0.6 is 15.9 Å². The first-order valence-electron chi connectivity index (χ1n) is 4.56. The van der Waals surface area contributed by atoms with Crippen LogP contribution in [-0.4, -0.2) is 20.9 Å². The molecule has 0 aliphatic rings. The molecule has 1 aromatic rings. The van der Waals surface area contributed by atoms with Crippen molar-refractivity contribution in [1.82, 2.24) is 9.78 Å². The molecule has 0 fully saturated rings. The maximum Gasteiger partial charge on any atom is 0.112 e. The summed E-state index contributed by atoms with van der Waals surface area (Å²) in [6, 6.07) is -0.276. The van der Waals surface area contributed by atoms with Crippen LogP contribution in [0.25, 0.3) is 0 Å². The number of nitrogens with two attached hydrogens (primary N) is 1. The van der Waals surface area contributed by atoms with Gasteiger partial charge in [0, 0.05) is 13.1 Å². The standard InChI is InChI=1S/C9H16BrN3O/c1-5(2)7(11)9(14)8-6(10)4-12-13(8)3/h4-5,7,9,14H,11H2,1-3H3. The van der Waals surface area contributed by atoms with Gasteiger partial charge in [-0.3, -0.25) is 4.68 Å². The maximum atomic E-state index is 9.99. The van der Waals surface area contributed by atoms with E-state index in [1.165, 1.54) is 0 Å². The highest BCUT2D eigenvalue weighted by Crippen LogP contribution is 2.26. The Balaban J connectivity index is 2.94. The highest BCUT2D eigenvalue weighted by Gasteiger charge is 2.24. The highest BCUT2D eigenvalue weighted by atomic mass is 79.9. The van der Waals surface area contributed by atoms with Gasteiger partial charge in [-0.05, 0) is 21.8 Å². The van der Waals surface area contributed by atoms with Gasteiger partial charge in [0.1, 0.15) is 6.10 Å². The average molecular weight is 262 g/mol. The topological polar surface area (TPSA) is 64.1 Å². The number of aryl methyl sites for hydroxylation is 1. The van der Waals surface area contributed by atoms with Crippen molar-refractivity contribution in [2.75, 3.05) is 0 Å². The molecule has 0 saturated carbocycles. The van der Waals surface area contributed by atoms with Gasteiger partial charge in [0.2, 0.25) is 0 Å². The molecular formula is C9H16BrN3O. The third kappa shape index (κ3) is 2.16. The van der Waals surface area contributed by atoms with Crippen LogP contribution in [0.15, 0.2) is 10.7 Å². The molecular weight excluding hydrogens is 246 g/mol. The lowest BCUT2D eigenvalue weighted by atomic mass is 9.97. The van der Waals surface area contributed by atoms with Crippen LogP contribution in [0.2, 0.25) is 0 Å². The summed E-state index contributed by atoms with van der Waals surface area (Å²) < 4.78 is 2.43. The fourth-order valence-electron chi connectivity index (χ4n) is 1.30. The van der Waals surface area contributed by atoms with E-state index in [1.807, 2.05) is 13.8 Å². The number of nitrogens with zero attached hydrogens (tertiary/aromatic N) is 2. The Kier molecular flexibility index (Phi) is 3.69. The Morgan fingerprint density at radius 1 is 1.57 bits per heavy atom. The van der Waals surface area contributed by atoms with Gasteiger partial charge in [-0.25, -0.2) is 0 Å². The predicted octanol–water partition coefficient (Wildman–Crippen LogP) is 1.20. The molecule has 2 atom stereocenters. The van der Waals surface area contributed by atoms with Crippen LogP contribution in [0.3, 0.4) is 0 Å². The minimum atomic E-state index is -0.683. The average Bonchev–Trinajstić information content (AvgIpc) is 2.44. The third-order valence-electron chi connectivity index (χ3n) is 2.35. The van der Waals surface area contributed by atoms with Crippen molar-refractivity contribution in [3.05, 3.63) is 16.4 Å². The van der Waals surface area contributed by atoms with Gasteiger partial charge in [-0.2, -0.15) is 5.10 Å². The first-order chi connectivity index (χ1) is 6.45. The summed E-state index contributed by atoms with van der Waals surface area (Å²) in [7, 11) is 1.79. The minimum Gasteiger partial charge on any atom is -0.385 e. The van der Waals surface area contributed by atoms with Gasteiger partial charge in [0.05, 0.1) is 16.4 Å². The number of hydrogen-bond donors (Lipinski definition) is 2. The summed E-state index contributed by atoms with van der Waals surface area (Å²) >= 11 is 3.34. The molecule has 0 aliphatic carbocycles. The van der Waals surface area contributed by atoms with Crippen molar-refractivity contribution in [1.29, 1.82) is 0 Å². The smallest absolute Gasteiger partial charge is 0.112 e. The molecule has 0 radical (unpaired) electrons. The van der Waals surface area contributed by atoms with E-state index in [0.717, 1.165) is 10.2 Å². The van der Waals surface area contributed by atoms with Crippen molar-refractivity contribution in [2.24, 2.45) is 18.7 Å². The zero-order valence-corrected chi connectivity index (χ0v) is 10.2. The SMILES string of the molecule is CC(C)C(N)C(O)c1c(Br)cnn1C. The van der Waals surface area contributed by atoms with Gasteiger partial charge in [0.25, 0.3) is 0 Å². The van der Waals surface area contributed by atoms with Gasteiger partial charge < -0.3 is 10.8 Å². The van der Waals surface area contributed by atoms with E-state index < -0.39 is 6.10 Å². The summed E-state index contributed by atoms with van der Waals surface area (Å²) in [4.78, 5) is 0. The monoisotopic (exact) mass is 261 g/mol. The van der Waals surface area contributed by atoms with E-state index in [4.69, 9.17) is 5.73 Å². The molecule has 1 aromatic heterocycles. The molecule has 0 aliphatic heterocycles. The maximum absolute atomic E-state index is 9.99. The summed E-state index contributed by atoms with van der Waals surface area (Å²) in [6.07, 6.45) is 0.975. The largest absolute Gasteiger partial charge is 0.385 e. The van der Waals surface area contributed by atoms with Crippen LogP contribution in [0.4, 0.5) is 0 Å². The fourth-order valence-corrected chi connectivity index (χ4v) is 1.88. The molecule has 1 heterocycles. The molecule has 0 aromatic carbocycles. The van der Waals surface area contributed by atoms with Crippen molar-refractivity contribution >= 4 is 15.9 Å². The van der Waals surface area contributed by atoms with Crippen LogP contribution < -0.4 is 5.73 Å². The number of aliphatic hydroxyl groups is 1. The van der Waals surface area contributed by atoms with E-state index in [9.17, 15) is 5.11 Å². The second kappa shape index (κ2) is 4.42. The molecule has 3 N–H and O–H groups in total. The Bertz CT molecular complexity index is 292. The van der Waals surface area contributed by atoms with Gasteiger partial charge in [0.15, 0.2) is 0 Å². The van der Waals surface area contributed by atoms with Crippen LogP contribution in [0.1, 0.15) is 25.6 Å². The number of halogens is 1. The predicted molar refractivity (Wildman–Crippen MR) is 58.7 cm³/mol. The van der Waals surface area contributed by atoms with E-state index in [-0.39, 0.29) is 12.0 Å². The van der Waals surface area contributed by atoms with Gasteiger partial charge in [-0.1, -0.05) is 13.8 Å². The molecule has 2 unspecified atom stereocenters. The van der Waals surface area contributed by atoms with Crippen molar-refractivity contribution in [2.45, 2.75) is 26.0 Å².